The van der Waals surface area contributed by atoms with Gasteiger partial charge in [-0.25, -0.2) is 24.8 Å². The number of rotatable bonds is 8. The van der Waals surface area contributed by atoms with Crippen molar-refractivity contribution in [2.24, 2.45) is 0 Å². The second-order valence-electron chi connectivity index (χ2n) is 7.03. The minimum atomic E-state index is -0.821. The summed E-state index contributed by atoms with van der Waals surface area (Å²) in [5.74, 6) is 0. The van der Waals surface area contributed by atoms with Gasteiger partial charge in [0.25, 0.3) is 0 Å². The molecule has 2 N–H and O–H groups in total. The van der Waals surface area contributed by atoms with Crippen molar-refractivity contribution in [1.29, 1.82) is 0 Å². The molecule has 9 nitrogen and oxygen atoms in total. The van der Waals surface area contributed by atoms with Crippen LogP contribution in [-0.2, 0) is 14.2 Å². The van der Waals surface area contributed by atoms with Crippen LogP contribution in [0.5, 0.6) is 0 Å². The van der Waals surface area contributed by atoms with Crippen LogP contribution in [0.15, 0.2) is 43.0 Å². The van der Waals surface area contributed by atoms with Crippen molar-refractivity contribution in [3.05, 3.63) is 48.6 Å². The molecule has 0 aliphatic carbocycles. The highest BCUT2D eigenvalue weighted by atomic mass is 16.6. The molecule has 3 amide bonds. The fraction of sp³-hybridized carbons (Fsp3) is 0.476. The summed E-state index contributed by atoms with van der Waals surface area (Å²) in [7, 11) is 0. The van der Waals surface area contributed by atoms with Crippen molar-refractivity contribution in [2.75, 3.05) is 6.61 Å². The Morgan fingerprint density at radius 1 is 1.00 bits per heavy atom. The van der Waals surface area contributed by atoms with Crippen LogP contribution in [0, 0.1) is 0 Å². The van der Waals surface area contributed by atoms with E-state index >= 15 is 0 Å². The molecule has 1 aromatic rings. The summed E-state index contributed by atoms with van der Waals surface area (Å²) in [4.78, 5) is 37.1. The van der Waals surface area contributed by atoms with Gasteiger partial charge in [-0.2, -0.15) is 0 Å². The zero-order valence-corrected chi connectivity index (χ0v) is 18.1. The Morgan fingerprint density at radius 2 is 1.60 bits per heavy atom. The maximum absolute atomic E-state index is 12.7. The molecule has 0 radical (unpaired) electrons. The van der Waals surface area contributed by atoms with Gasteiger partial charge in [0.1, 0.15) is 6.61 Å². The number of carbonyl (C=O) groups is 3. The van der Waals surface area contributed by atoms with Crippen LogP contribution in [0.4, 0.5) is 14.4 Å². The van der Waals surface area contributed by atoms with Crippen molar-refractivity contribution in [2.45, 2.75) is 58.9 Å². The topological polar surface area (TPSA) is 106 Å². The Kier molecular flexibility index (Phi) is 10.2. The summed E-state index contributed by atoms with van der Waals surface area (Å²) in [6, 6.07) is 7.51. The van der Waals surface area contributed by atoms with Crippen LogP contribution in [0.1, 0.15) is 46.2 Å². The molecule has 9 heteroatoms. The summed E-state index contributed by atoms with van der Waals surface area (Å²) in [6.07, 6.45) is -1.68. The summed E-state index contributed by atoms with van der Waals surface area (Å²) in [6.45, 7) is 11.9. The Labute approximate surface area is 177 Å². The van der Waals surface area contributed by atoms with Crippen molar-refractivity contribution in [3.8, 4) is 0 Å². The Balaban J connectivity index is 3.18. The molecule has 30 heavy (non-hydrogen) atoms. The van der Waals surface area contributed by atoms with Crippen molar-refractivity contribution < 1.29 is 28.6 Å². The minimum absolute atomic E-state index is 0.0276. The van der Waals surface area contributed by atoms with Crippen LogP contribution in [-0.4, -0.2) is 48.1 Å². The van der Waals surface area contributed by atoms with Crippen LogP contribution >= 0.6 is 0 Å². The van der Waals surface area contributed by atoms with Gasteiger partial charge in [-0.3, -0.25) is 0 Å². The van der Waals surface area contributed by atoms with Gasteiger partial charge < -0.3 is 19.5 Å². The Morgan fingerprint density at radius 3 is 2.13 bits per heavy atom. The van der Waals surface area contributed by atoms with Gasteiger partial charge in [0.05, 0.1) is 24.3 Å². The highest BCUT2D eigenvalue weighted by Gasteiger charge is 2.33. The second-order valence-corrected chi connectivity index (χ2v) is 7.03. The molecular weight excluding hydrogens is 390 g/mol. The van der Waals surface area contributed by atoms with E-state index in [9.17, 15) is 14.4 Å². The van der Waals surface area contributed by atoms with E-state index in [2.05, 4.69) is 17.3 Å². The van der Waals surface area contributed by atoms with Crippen LogP contribution in [0.25, 0.3) is 0 Å². The van der Waals surface area contributed by atoms with Crippen molar-refractivity contribution >= 4 is 18.3 Å². The van der Waals surface area contributed by atoms with E-state index in [4.69, 9.17) is 14.2 Å². The van der Waals surface area contributed by atoms with E-state index in [1.54, 1.807) is 58.9 Å². The first-order valence-electron chi connectivity index (χ1n) is 9.71. The maximum atomic E-state index is 12.7. The zero-order valence-electron chi connectivity index (χ0n) is 18.1. The van der Waals surface area contributed by atoms with Crippen molar-refractivity contribution in [1.82, 2.24) is 15.8 Å². The Bertz CT molecular complexity index is 708. The first-order valence-corrected chi connectivity index (χ1v) is 9.71. The normalized spacial score (nSPS) is 12.5. The number of benzene rings is 1. The fourth-order valence-electron chi connectivity index (χ4n) is 2.51. The molecule has 0 heterocycles. The van der Waals surface area contributed by atoms with Crippen LogP contribution in [0.3, 0.4) is 0 Å². The van der Waals surface area contributed by atoms with Crippen molar-refractivity contribution in [3.63, 3.8) is 0 Å². The fourth-order valence-corrected chi connectivity index (χ4v) is 2.51. The van der Waals surface area contributed by atoms with E-state index in [1.165, 1.54) is 6.08 Å². The summed E-state index contributed by atoms with van der Waals surface area (Å²) in [5.41, 5.74) is 3.11. The van der Waals surface area contributed by atoms with Gasteiger partial charge in [-0.15, -0.1) is 0 Å². The molecule has 1 aromatic carbocycles. The second kappa shape index (κ2) is 12.4. The van der Waals surface area contributed by atoms with Crippen LogP contribution < -0.4 is 10.7 Å². The predicted molar refractivity (Wildman–Crippen MR) is 112 cm³/mol. The smallest absolute Gasteiger partial charge is 0.429 e. The van der Waals surface area contributed by atoms with Gasteiger partial charge >= 0.3 is 18.3 Å². The van der Waals surface area contributed by atoms with Gasteiger partial charge in [0.15, 0.2) is 0 Å². The molecule has 0 aromatic heterocycles. The number of hydrogen-bond acceptors (Lipinski definition) is 6. The SMILES string of the molecule is C=CCOC(=O)N[C@H](c1ccccc1)[C@@H](C)N(NC(=O)OC(C)C)C(=O)OC(C)C. The summed E-state index contributed by atoms with van der Waals surface area (Å²) < 4.78 is 15.4. The molecule has 166 valence electrons. The number of alkyl carbamates (subject to hydrolysis) is 1. The molecule has 2 atom stereocenters. The molecule has 0 saturated carbocycles. The average Bonchev–Trinajstić information content (AvgIpc) is 2.67. The molecule has 0 saturated heterocycles. The number of carbonyl (C=O) groups excluding carboxylic acids is 3. The number of amides is 3. The van der Waals surface area contributed by atoms with E-state index < -0.39 is 36.5 Å². The number of ether oxygens (including phenoxy) is 3. The lowest BCUT2D eigenvalue weighted by molar-refractivity contribution is 0.0270. The first kappa shape index (κ1) is 24.8. The highest BCUT2D eigenvalue weighted by Crippen LogP contribution is 2.21. The average molecular weight is 421 g/mol. The van der Waals surface area contributed by atoms with E-state index in [0.717, 1.165) is 5.01 Å². The number of hydrazine groups is 1. The van der Waals surface area contributed by atoms with E-state index in [1.807, 2.05) is 6.07 Å². The lowest BCUT2D eigenvalue weighted by atomic mass is 10.0. The zero-order chi connectivity index (χ0) is 22.7. The molecule has 0 aliphatic rings. The predicted octanol–water partition coefficient (Wildman–Crippen LogP) is 3.93. The van der Waals surface area contributed by atoms with E-state index in [-0.39, 0.29) is 12.7 Å². The summed E-state index contributed by atoms with van der Waals surface area (Å²) in [5, 5.41) is 3.72. The molecule has 0 bridgehead atoms. The number of hydrogen-bond donors (Lipinski definition) is 2. The molecule has 0 spiro atoms. The van der Waals surface area contributed by atoms with Gasteiger partial charge in [-0.1, -0.05) is 43.0 Å². The quantitative estimate of drug-likeness (QED) is 0.374. The molecule has 0 fully saturated rings. The molecule has 0 unspecified atom stereocenters. The third-order valence-corrected chi connectivity index (χ3v) is 3.74. The van der Waals surface area contributed by atoms with Gasteiger partial charge in [0.2, 0.25) is 0 Å². The third kappa shape index (κ3) is 8.42. The van der Waals surface area contributed by atoms with Crippen LogP contribution in [0.2, 0.25) is 0 Å². The highest BCUT2D eigenvalue weighted by molar-refractivity contribution is 5.75. The Hall–Kier alpha value is -3.23. The largest absolute Gasteiger partial charge is 0.446 e. The lowest BCUT2D eigenvalue weighted by Crippen LogP contribution is -2.56. The van der Waals surface area contributed by atoms with E-state index in [0.29, 0.717) is 5.56 Å². The standard InChI is InChI=1S/C21H31N3O6/c1-7-13-28-19(25)22-18(17-11-9-8-10-12-17)16(6)24(21(27)30-15(4)5)23-20(26)29-14(2)3/h7-12,14-16,18H,1,13H2,2-6H3,(H,22,25)(H,23,26)/t16-,18+/m1/s1. The van der Waals surface area contributed by atoms with Gasteiger partial charge in [0, 0.05) is 0 Å². The monoisotopic (exact) mass is 421 g/mol. The van der Waals surface area contributed by atoms with Gasteiger partial charge in [-0.05, 0) is 40.2 Å². The molecule has 0 aliphatic heterocycles. The first-order chi connectivity index (χ1) is 14.1. The molecular formula is C21H31N3O6. The third-order valence-electron chi connectivity index (χ3n) is 3.74. The number of nitrogens with one attached hydrogen (secondary N) is 2. The molecule has 1 rings (SSSR count). The number of nitrogens with zero attached hydrogens (tertiary/aromatic N) is 1. The summed E-state index contributed by atoms with van der Waals surface area (Å²) >= 11 is 0. The lowest BCUT2D eigenvalue weighted by Gasteiger charge is -2.34. The maximum Gasteiger partial charge on any atom is 0.429 e. The minimum Gasteiger partial charge on any atom is -0.446 e.